The van der Waals surface area contributed by atoms with E-state index in [0.29, 0.717) is 37.8 Å². The van der Waals surface area contributed by atoms with Gasteiger partial charge in [-0.2, -0.15) is 0 Å². The molecule has 0 amide bonds. The second-order valence-electron chi connectivity index (χ2n) is 16.6. The summed E-state index contributed by atoms with van der Waals surface area (Å²) in [4.78, 5) is 32.5. The van der Waals surface area contributed by atoms with Gasteiger partial charge in [0.15, 0.2) is 0 Å². The summed E-state index contributed by atoms with van der Waals surface area (Å²) in [6.45, 7) is 5.48. The summed E-state index contributed by atoms with van der Waals surface area (Å²) in [5.41, 5.74) is 10.4. The van der Waals surface area contributed by atoms with E-state index in [1.54, 1.807) is 24.3 Å². The maximum atomic E-state index is 13.3. The van der Waals surface area contributed by atoms with E-state index in [1.807, 2.05) is 123 Å². The number of fused-ring (bicyclic) bond motifs is 4. The maximum absolute atomic E-state index is 13.3. The van der Waals surface area contributed by atoms with Crippen LogP contribution in [0.2, 0.25) is 0 Å². The monoisotopic (exact) mass is 926 g/mol. The highest BCUT2D eigenvalue weighted by Crippen LogP contribution is 2.33. The molecule has 0 atom stereocenters. The molecule has 348 valence electrons. The third-order valence-electron chi connectivity index (χ3n) is 12.1. The number of aromatic nitrogens is 4. The number of pyridine rings is 2. The summed E-state index contributed by atoms with van der Waals surface area (Å²) in [7, 11) is 0. The third kappa shape index (κ3) is 10.7. The van der Waals surface area contributed by atoms with E-state index in [2.05, 4.69) is 19.1 Å². The predicted molar refractivity (Wildman–Crippen MR) is 263 cm³/mol. The Hall–Kier alpha value is -8.42. The molecule has 0 saturated heterocycles. The van der Waals surface area contributed by atoms with Gasteiger partial charge in [-0.25, -0.2) is 18.7 Å². The fourth-order valence-corrected chi connectivity index (χ4v) is 8.63. The van der Waals surface area contributed by atoms with E-state index in [9.17, 15) is 28.6 Å². The zero-order valence-corrected chi connectivity index (χ0v) is 37.8. The van der Waals surface area contributed by atoms with Gasteiger partial charge >= 0.3 is 11.9 Å². The van der Waals surface area contributed by atoms with Gasteiger partial charge in [-0.05, 0) is 121 Å². The lowest BCUT2D eigenvalue weighted by atomic mass is 10.1. The van der Waals surface area contributed by atoms with E-state index in [4.69, 9.17) is 9.47 Å². The molecule has 0 fully saturated rings. The first-order valence-electron chi connectivity index (χ1n) is 22.1. The number of rotatable bonds is 14. The lowest BCUT2D eigenvalue weighted by Gasteiger charge is -2.10. The van der Waals surface area contributed by atoms with Crippen molar-refractivity contribution in [2.24, 2.45) is 0 Å². The van der Waals surface area contributed by atoms with Crippen LogP contribution in [0, 0.1) is 25.5 Å². The van der Waals surface area contributed by atoms with E-state index < -0.39 is 11.9 Å². The van der Waals surface area contributed by atoms with Crippen LogP contribution in [0.3, 0.4) is 0 Å². The highest BCUT2D eigenvalue weighted by atomic mass is 19.1. The van der Waals surface area contributed by atoms with Crippen molar-refractivity contribution >= 4 is 55.6 Å². The minimum Gasteiger partial charge on any atom is -0.487 e. The Labute approximate surface area is 395 Å². The molecule has 0 radical (unpaired) electrons. The Balaban J connectivity index is 0.000000183. The van der Waals surface area contributed by atoms with Crippen molar-refractivity contribution in [3.63, 3.8) is 0 Å². The molecule has 4 heterocycles. The number of carboxylic acids is 2. The summed E-state index contributed by atoms with van der Waals surface area (Å²) in [5, 5.41) is 22.8. The predicted octanol–water partition coefficient (Wildman–Crippen LogP) is 11.0. The number of halogens is 2. The van der Waals surface area contributed by atoms with Gasteiger partial charge in [0.2, 0.25) is 0 Å². The molecule has 4 N–H and O–H groups in total. The standard InChI is InChI=1S/2C28H23FN2O3.H2O/c2*1-18-24(15-28(32)33)25-14-23(34-17-22-11-8-20-4-2-3-5-26(20)30-22)12-13-27(25)31(18)16-19-6-9-21(29)10-7-19;/h2*2-14H,15-17H2,1H3,(H,32,33);1H2. The molecule has 0 aliphatic heterocycles. The number of para-hydroxylation sites is 2. The van der Waals surface area contributed by atoms with Crippen LogP contribution in [0.1, 0.15) is 45.0 Å². The van der Waals surface area contributed by atoms with Crippen LogP contribution < -0.4 is 9.47 Å². The lowest BCUT2D eigenvalue weighted by molar-refractivity contribution is -0.137. The van der Waals surface area contributed by atoms with Gasteiger partial charge in [0, 0.05) is 57.1 Å². The number of carbonyl (C=O) groups is 2. The molecule has 0 spiro atoms. The molecule has 0 bridgehead atoms. The number of hydrogen-bond donors (Lipinski definition) is 2. The van der Waals surface area contributed by atoms with Crippen LogP contribution in [-0.4, -0.2) is 46.7 Å². The zero-order valence-electron chi connectivity index (χ0n) is 37.8. The number of benzene rings is 6. The second kappa shape index (κ2) is 20.6. The third-order valence-corrected chi connectivity index (χ3v) is 12.1. The van der Waals surface area contributed by atoms with Crippen molar-refractivity contribution in [2.75, 3.05) is 0 Å². The normalized spacial score (nSPS) is 11.1. The average molecular weight is 927 g/mol. The first kappa shape index (κ1) is 47.1. The molecule has 0 saturated carbocycles. The molecule has 6 aromatic carbocycles. The molecule has 0 aliphatic carbocycles. The van der Waals surface area contributed by atoms with Crippen LogP contribution in [0.15, 0.2) is 158 Å². The topological polar surface area (TPSA) is 160 Å². The molecule has 0 unspecified atom stereocenters. The fourth-order valence-electron chi connectivity index (χ4n) is 8.63. The van der Waals surface area contributed by atoms with E-state index in [-0.39, 0.29) is 30.0 Å². The van der Waals surface area contributed by atoms with Gasteiger partial charge in [0.05, 0.1) is 35.3 Å². The van der Waals surface area contributed by atoms with Gasteiger partial charge < -0.3 is 34.3 Å². The maximum Gasteiger partial charge on any atom is 0.307 e. The van der Waals surface area contributed by atoms with Gasteiger partial charge in [-0.3, -0.25) is 9.59 Å². The van der Waals surface area contributed by atoms with Crippen molar-refractivity contribution < 1.29 is 43.5 Å². The van der Waals surface area contributed by atoms with Crippen molar-refractivity contribution in [1.29, 1.82) is 0 Å². The zero-order chi connectivity index (χ0) is 47.3. The van der Waals surface area contributed by atoms with Crippen molar-refractivity contribution in [1.82, 2.24) is 19.1 Å². The quantitative estimate of drug-likeness (QED) is 0.109. The second-order valence-corrected chi connectivity index (χ2v) is 16.6. The highest BCUT2D eigenvalue weighted by Gasteiger charge is 2.20. The molecule has 0 aliphatic rings. The summed E-state index contributed by atoms with van der Waals surface area (Å²) in [6, 6.07) is 47.9. The summed E-state index contributed by atoms with van der Waals surface area (Å²) < 4.78 is 42.9. The van der Waals surface area contributed by atoms with E-state index in [1.165, 1.54) is 24.3 Å². The van der Waals surface area contributed by atoms with Gasteiger partial charge in [-0.1, -0.05) is 72.8 Å². The Morgan fingerprint density at radius 1 is 0.522 bits per heavy atom. The Bertz CT molecular complexity index is 3250. The van der Waals surface area contributed by atoms with Gasteiger partial charge in [0.1, 0.15) is 36.3 Å². The van der Waals surface area contributed by atoms with Crippen LogP contribution in [0.5, 0.6) is 11.5 Å². The van der Waals surface area contributed by atoms with Gasteiger partial charge in [0.25, 0.3) is 0 Å². The Morgan fingerprint density at radius 2 is 0.913 bits per heavy atom. The largest absolute Gasteiger partial charge is 0.487 e. The van der Waals surface area contributed by atoms with Gasteiger partial charge in [-0.15, -0.1) is 0 Å². The summed E-state index contributed by atoms with van der Waals surface area (Å²) >= 11 is 0. The molecule has 11 nitrogen and oxygen atoms in total. The summed E-state index contributed by atoms with van der Waals surface area (Å²) in [5.74, 6) is -1.06. The highest BCUT2D eigenvalue weighted by molar-refractivity contribution is 5.91. The number of nitrogens with zero attached hydrogens (tertiary/aromatic N) is 4. The Kier molecular flexibility index (Phi) is 14.1. The molecule has 69 heavy (non-hydrogen) atoms. The van der Waals surface area contributed by atoms with E-state index in [0.717, 1.165) is 88.6 Å². The van der Waals surface area contributed by atoms with Crippen molar-refractivity contribution in [3.05, 3.63) is 214 Å². The number of carboxylic acid groups (broad SMARTS) is 2. The Morgan fingerprint density at radius 3 is 1.30 bits per heavy atom. The lowest BCUT2D eigenvalue weighted by Crippen LogP contribution is -2.05. The number of aliphatic carboxylic acids is 2. The van der Waals surface area contributed by atoms with E-state index >= 15 is 0 Å². The van der Waals surface area contributed by atoms with Crippen LogP contribution in [0.25, 0.3) is 43.6 Å². The molecular formula is C56H48F2N4O7. The van der Waals surface area contributed by atoms with Crippen molar-refractivity contribution in [2.45, 2.75) is 53.0 Å². The summed E-state index contributed by atoms with van der Waals surface area (Å²) in [6.07, 6.45) is -0.178. The number of hydrogen-bond acceptors (Lipinski definition) is 6. The smallest absolute Gasteiger partial charge is 0.307 e. The van der Waals surface area contributed by atoms with Crippen molar-refractivity contribution in [3.8, 4) is 11.5 Å². The molecule has 13 heteroatoms. The molecule has 10 aromatic rings. The number of ether oxygens (including phenoxy) is 2. The fraction of sp³-hybridized carbons (Fsp3) is 0.143. The molecule has 10 rings (SSSR count). The van der Waals surface area contributed by atoms with Crippen LogP contribution in [0.4, 0.5) is 8.78 Å². The first-order chi connectivity index (χ1) is 32.9. The van der Waals surface area contributed by atoms with Crippen LogP contribution in [-0.2, 0) is 48.7 Å². The average Bonchev–Trinajstić information content (AvgIpc) is 3.74. The SMILES string of the molecule is Cc1c(CC(=O)O)c2cc(OCc3ccc4ccccc4n3)ccc2n1Cc1ccc(F)cc1.Cc1c(CC(=O)O)c2cc(OCc3ccc4ccccc4n3)ccc2n1Cc1ccc(F)cc1.O. The minimum atomic E-state index is -0.893. The van der Waals surface area contributed by atoms with Crippen LogP contribution >= 0.6 is 0 Å². The minimum absolute atomic E-state index is 0. The first-order valence-corrected chi connectivity index (χ1v) is 22.1. The molecular weight excluding hydrogens is 879 g/mol. The molecule has 4 aromatic heterocycles.